The van der Waals surface area contributed by atoms with Crippen molar-refractivity contribution in [1.29, 1.82) is 0 Å². The summed E-state index contributed by atoms with van der Waals surface area (Å²) in [5.74, 6) is -0.0628. The van der Waals surface area contributed by atoms with E-state index < -0.39 is 0 Å². The fourth-order valence-electron chi connectivity index (χ4n) is 3.27. The van der Waals surface area contributed by atoms with Crippen LogP contribution in [0.1, 0.15) is 15.9 Å². The van der Waals surface area contributed by atoms with E-state index in [4.69, 9.17) is 0 Å². The van der Waals surface area contributed by atoms with Gasteiger partial charge in [0, 0.05) is 38.3 Å². The van der Waals surface area contributed by atoms with Gasteiger partial charge in [0.2, 0.25) is 0 Å². The average Bonchev–Trinajstić information content (AvgIpc) is 2.63. The van der Waals surface area contributed by atoms with Crippen molar-refractivity contribution in [2.75, 3.05) is 57.5 Å². The molecule has 0 saturated carbocycles. The first-order valence-corrected chi connectivity index (χ1v) is 9.10. The summed E-state index contributed by atoms with van der Waals surface area (Å²) in [4.78, 5) is 19.6. The van der Waals surface area contributed by atoms with Crippen LogP contribution >= 0.6 is 0 Å². The van der Waals surface area contributed by atoms with Gasteiger partial charge in [-0.1, -0.05) is 24.3 Å². The summed E-state index contributed by atoms with van der Waals surface area (Å²) in [5, 5.41) is 3.11. The third-order valence-electron chi connectivity index (χ3n) is 4.68. The number of hydrogen-bond acceptors (Lipinski definition) is 4. The molecule has 1 N–H and O–H groups in total. The number of amides is 1. The maximum Gasteiger partial charge on any atom is 0.255 e. The second-order valence-corrected chi connectivity index (χ2v) is 7.20. The topological polar surface area (TPSA) is 38.8 Å². The molecule has 5 heteroatoms. The molecule has 2 aromatic rings. The molecule has 1 aliphatic rings. The van der Waals surface area contributed by atoms with E-state index >= 15 is 0 Å². The first-order chi connectivity index (χ1) is 12.5. The fraction of sp³-hybridized carbons (Fsp3) is 0.381. The highest BCUT2D eigenvalue weighted by molar-refractivity contribution is 6.06. The Bertz CT molecular complexity index is 751. The predicted molar refractivity (Wildman–Crippen MR) is 108 cm³/mol. The summed E-state index contributed by atoms with van der Waals surface area (Å²) in [5.41, 5.74) is 3.80. The molecular weight excluding hydrogens is 324 g/mol. The zero-order valence-electron chi connectivity index (χ0n) is 15.9. The van der Waals surface area contributed by atoms with Gasteiger partial charge in [0.1, 0.15) is 0 Å². The minimum atomic E-state index is -0.0628. The maximum atomic E-state index is 12.8. The number of nitrogens with one attached hydrogen (secondary N) is 1. The minimum absolute atomic E-state index is 0.0628. The van der Waals surface area contributed by atoms with E-state index in [9.17, 15) is 4.79 Å². The van der Waals surface area contributed by atoms with Crippen molar-refractivity contribution in [3.8, 4) is 0 Å². The molecule has 0 radical (unpaired) electrons. The van der Waals surface area contributed by atoms with Gasteiger partial charge in [-0.15, -0.1) is 0 Å². The number of para-hydroxylation sites is 2. The number of carbonyl (C=O) groups is 1. The number of likely N-dealkylation sites (N-methyl/N-ethyl adjacent to an activating group) is 1. The Kier molecular flexibility index (Phi) is 5.91. The van der Waals surface area contributed by atoms with Crippen molar-refractivity contribution in [1.82, 2.24) is 9.80 Å². The van der Waals surface area contributed by atoms with Crippen LogP contribution in [0, 0.1) is 0 Å². The number of piperazine rings is 1. The predicted octanol–water partition coefficient (Wildman–Crippen LogP) is 2.75. The quantitative estimate of drug-likeness (QED) is 0.898. The molecule has 0 aromatic heterocycles. The lowest BCUT2D eigenvalue weighted by Crippen LogP contribution is -2.44. The van der Waals surface area contributed by atoms with Gasteiger partial charge in [-0.25, -0.2) is 0 Å². The molecule has 1 saturated heterocycles. The summed E-state index contributed by atoms with van der Waals surface area (Å²) in [6, 6.07) is 15.9. The van der Waals surface area contributed by atoms with Crippen molar-refractivity contribution < 1.29 is 4.79 Å². The second-order valence-electron chi connectivity index (χ2n) is 7.20. The Labute approximate surface area is 156 Å². The fourth-order valence-corrected chi connectivity index (χ4v) is 3.27. The van der Waals surface area contributed by atoms with Crippen molar-refractivity contribution in [3.05, 3.63) is 59.7 Å². The maximum absolute atomic E-state index is 12.8. The van der Waals surface area contributed by atoms with E-state index in [1.165, 1.54) is 0 Å². The molecule has 0 atom stereocenters. The minimum Gasteiger partial charge on any atom is -0.367 e. The third-order valence-corrected chi connectivity index (χ3v) is 4.68. The molecular formula is C21H28N4O. The van der Waals surface area contributed by atoms with Crippen molar-refractivity contribution in [3.63, 3.8) is 0 Å². The molecule has 1 fully saturated rings. The number of benzene rings is 2. The van der Waals surface area contributed by atoms with Gasteiger partial charge in [0.05, 0.1) is 11.4 Å². The molecule has 1 aliphatic heterocycles. The standard InChI is InChI=1S/C21H28N4O/c1-23(2)16-17-7-6-8-18(15-17)21(26)22-19-9-4-5-10-20(19)25-13-11-24(3)12-14-25/h4-10,15H,11-14,16H2,1-3H3,(H,22,26). The highest BCUT2D eigenvalue weighted by atomic mass is 16.1. The number of hydrogen-bond donors (Lipinski definition) is 1. The molecule has 0 bridgehead atoms. The van der Waals surface area contributed by atoms with E-state index in [-0.39, 0.29) is 5.91 Å². The highest BCUT2D eigenvalue weighted by Gasteiger charge is 2.18. The van der Waals surface area contributed by atoms with Gasteiger partial charge in [0.25, 0.3) is 5.91 Å². The van der Waals surface area contributed by atoms with Crippen LogP contribution in [0.2, 0.25) is 0 Å². The molecule has 0 aliphatic carbocycles. The molecule has 5 nitrogen and oxygen atoms in total. The Morgan fingerprint density at radius 2 is 1.77 bits per heavy atom. The van der Waals surface area contributed by atoms with E-state index in [1.807, 2.05) is 50.5 Å². The summed E-state index contributed by atoms with van der Waals surface area (Å²) in [6.07, 6.45) is 0. The molecule has 2 aromatic carbocycles. The number of carbonyl (C=O) groups excluding carboxylic acids is 1. The Hall–Kier alpha value is -2.37. The van der Waals surface area contributed by atoms with Crippen LogP contribution in [0.25, 0.3) is 0 Å². The Morgan fingerprint density at radius 3 is 2.50 bits per heavy atom. The first-order valence-electron chi connectivity index (χ1n) is 9.10. The summed E-state index contributed by atoms with van der Waals surface area (Å²) in [6.45, 7) is 4.84. The van der Waals surface area contributed by atoms with E-state index in [2.05, 4.69) is 39.2 Å². The summed E-state index contributed by atoms with van der Waals surface area (Å²) >= 11 is 0. The molecule has 0 spiro atoms. The van der Waals surface area contributed by atoms with Crippen LogP contribution in [0.3, 0.4) is 0 Å². The average molecular weight is 352 g/mol. The van der Waals surface area contributed by atoms with Gasteiger partial charge >= 0.3 is 0 Å². The molecule has 0 unspecified atom stereocenters. The highest BCUT2D eigenvalue weighted by Crippen LogP contribution is 2.27. The zero-order valence-corrected chi connectivity index (χ0v) is 15.9. The monoisotopic (exact) mass is 352 g/mol. The zero-order chi connectivity index (χ0) is 18.5. The largest absolute Gasteiger partial charge is 0.367 e. The van der Waals surface area contributed by atoms with Crippen LogP contribution in [0.5, 0.6) is 0 Å². The van der Waals surface area contributed by atoms with Crippen LogP contribution < -0.4 is 10.2 Å². The molecule has 1 heterocycles. The number of rotatable bonds is 5. The van der Waals surface area contributed by atoms with Crippen LogP contribution in [0.15, 0.2) is 48.5 Å². The lowest BCUT2D eigenvalue weighted by Gasteiger charge is -2.35. The van der Waals surface area contributed by atoms with Gasteiger partial charge < -0.3 is 20.0 Å². The second kappa shape index (κ2) is 8.34. The van der Waals surface area contributed by atoms with Gasteiger partial charge in [0.15, 0.2) is 0 Å². The molecule has 138 valence electrons. The van der Waals surface area contributed by atoms with Crippen molar-refractivity contribution >= 4 is 17.3 Å². The summed E-state index contributed by atoms with van der Waals surface area (Å²) < 4.78 is 0. The lowest BCUT2D eigenvalue weighted by atomic mass is 10.1. The summed E-state index contributed by atoms with van der Waals surface area (Å²) in [7, 11) is 6.20. The van der Waals surface area contributed by atoms with Crippen molar-refractivity contribution in [2.45, 2.75) is 6.54 Å². The van der Waals surface area contributed by atoms with Crippen LogP contribution in [0.4, 0.5) is 11.4 Å². The SMILES string of the molecule is CN(C)Cc1cccc(C(=O)Nc2ccccc2N2CCN(C)CC2)c1. The number of anilines is 2. The lowest BCUT2D eigenvalue weighted by molar-refractivity contribution is 0.102. The Balaban J connectivity index is 1.76. The smallest absolute Gasteiger partial charge is 0.255 e. The first kappa shape index (κ1) is 18.4. The van der Waals surface area contributed by atoms with Gasteiger partial charge in [-0.3, -0.25) is 4.79 Å². The van der Waals surface area contributed by atoms with Gasteiger partial charge in [-0.2, -0.15) is 0 Å². The van der Waals surface area contributed by atoms with Crippen molar-refractivity contribution in [2.24, 2.45) is 0 Å². The van der Waals surface area contributed by atoms with E-state index in [1.54, 1.807) is 0 Å². The Morgan fingerprint density at radius 1 is 1.04 bits per heavy atom. The molecule has 26 heavy (non-hydrogen) atoms. The third kappa shape index (κ3) is 4.62. The van der Waals surface area contributed by atoms with Gasteiger partial charge in [-0.05, 0) is 51.0 Å². The van der Waals surface area contributed by atoms with Crippen LogP contribution in [-0.2, 0) is 6.54 Å². The normalized spacial score (nSPS) is 15.3. The van der Waals surface area contributed by atoms with Crippen LogP contribution in [-0.4, -0.2) is 63.0 Å². The van der Waals surface area contributed by atoms with E-state index in [0.29, 0.717) is 5.56 Å². The molecule has 3 rings (SSSR count). The molecule has 1 amide bonds. The van der Waals surface area contributed by atoms with E-state index in [0.717, 1.165) is 49.7 Å². The number of nitrogens with zero attached hydrogens (tertiary/aromatic N) is 3.